The van der Waals surface area contributed by atoms with Crippen molar-refractivity contribution in [2.75, 3.05) is 6.61 Å². The summed E-state index contributed by atoms with van der Waals surface area (Å²) in [4.78, 5) is 26.9. The van der Waals surface area contributed by atoms with Crippen LogP contribution in [0.2, 0.25) is 13.1 Å². The van der Waals surface area contributed by atoms with Crippen molar-refractivity contribution >= 4 is 8.32 Å². The monoisotopic (exact) mass is 652 g/mol. The van der Waals surface area contributed by atoms with Crippen molar-refractivity contribution in [2.45, 2.75) is 49.3 Å². The minimum absolute atomic E-state index is 0.114. The second-order valence-corrected chi connectivity index (χ2v) is 16.4. The number of aromatic amines is 1. The Kier molecular flexibility index (Phi) is 9.49. The number of H-pyrrole nitrogens is 1. The molecule has 5 aromatic rings. The van der Waals surface area contributed by atoms with Crippen LogP contribution in [0.15, 0.2) is 137 Å². The number of rotatable bonds is 11. The molecule has 0 spiro atoms. The Morgan fingerprint density at radius 1 is 0.830 bits per heavy atom. The summed E-state index contributed by atoms with van der Waals surface area (Å²) >= 11 is 0. The fraction of sp³-hybridized carbons (Fsp3) is 0.243. The first-order chi connectivity index (χ1) is 22.7. The van der Waals surface area contributed by atoms with Crippen LogP contribution in [0.3, 0.4) is 0 Å². The maximum atomic E-state index is 14.5. The second-order valence-electron chi connectivity index (χ2n) is 12.3. The van der Waals surface area contributed by atoms with Crippen molar-refractivity contribution in [2.24, 2.45) is 0 Å². The van der Waals surface area contributed by atoms with E-state index in [4.69, 9.17) is 13.9 Å². The number of ether oxygens (including phenoxy) is 2. The number of benzene rings is 4. The third-order valence-corrected chi connectivity index (χ3v) is 10.6. The molecule has 1 saturated heterocycles. The lowest BCUT2D eigenvalue weighted by Gasteiger charge is -2.37. The fourth-order valence-corrected chi connectivity index (χ4v) is 8.62. The summed E-state index contributed by atoms with van der Waals surface area (Å²) in [7, 11) is -2.58. The van der Waals surface area contributed by atoms with Gasteiger partial charge in [0.25, 0.3) is 5.56 Å². The van der Waals surface area contributed by atoms with Gasteiger partial charge in [-0.15, -0.1) is 0 Å². The highest BCUT2D eigenvalue weighted by molar-refractivity contribution is 6.70. The van der Waals surface area contributed by atoms with Crippen LogP contribution in [0.25, 0.3) is 0 Å². The van der Waals surface area contributed by atoms with Crippen LogP contribution in [0.1, 0.15) is 28.5 Å². The van der Waals surface area contributed by atoms with Gasteiger partial charge in [-0.25, -0.2) is 4.79 Å². The molecule has 2 heterocycles. The highest BCUT2D eigenvalue weighted by Crippen LogP contribution is 2.42. The van der Waals surface area contributed by atoms with Crippen LogP contribution in [-0.4, -0.2) is 47.9 Å². The van der Waals surface area contributed by atoms with Gasteiger partial charge in [-0.3, -0.25) is 14.3 Å². The number of aliphatic hydroxyl groups excluding tert-OH is 1. The molecule has 10 heteroatoms. The minimum Gasteiger partial charge on any atom is -0.407 e. The van der Waals surface area contributed by atoms with E-state index < -0.39 is 55.5 Å². The summed E-state index contributed by atoms with van der Waals surface area (Å²) in [6.45, 7) is 3.90. The highest BCUT2D eigenvalue weighted by Gasteiger charge is 2.50. The van der Waals surface area contributed by atoms with Gasteiger partial charge in [0.2, 0.25) is 5.82 Å². The number of aromatic nitrogens is 2. The average Bonchev–Trinajstić information content (AvgIpc) is 3.38. The van der Waals surface area contributed by atoms with Gasteiger partial charge >= 0.3 is 5.69 Å². The van der Waals surface area contributed by atoms with Crippen LogP contribution < -0.4 is 11.2 Å². The molecule has 1 aliphatic rings. The van der Waals surface area contributed by atoms with Crippen LogP contribution >= 0.6 is 0 Å². The molecule has 0 bridgehead atoms. The van der Waals surface area contributed by atoms with Crippen molar-refractivity contribution in [3.63, 3.8) is 0 Å². The first kappa shape index (κ1) is 32.5. The van der Waals surface area contributed by atoms with E-state index in [0.29, 0.717) is 6.04 Å². The standard InChI is InChI=1S/C37H37FN2O6Si/c1-47(2,25-26-15-7-3-8-16-26)46-33-32(41)31(45-35(33)40-23-30(38)34(42)39-36(40)43)24-44-37(27-17-9-4-10-18-27,28-19-11-5-12-20-28)29-21-13-6-14-22-29/h3-23,31-33,35,41H,24-25H2,1-2H3,(H,39,42,43)/t31-,32-,33-,35-/m1/s1. The van der Waals surface area contributed by atoms with Crippen LogP contribution in [0.5, 0.6) is 0 Å². The van der Waals surface area contributed by atoms with E-state index >= 15 is 0 Å². The van der Waals surface area contributed by atoms with E-state index in [1.54, 1.807) is 0 Å². The van der Waals surface area contributed by atoms with E-state index in [1.165, 1.54) is 0 Å². The normalized spacial score (nSPS) is 19.9. The largest absolute Gasteiger partial charge is 0.407 e. The summed E-state index contributed by atoms with van der Waals surface area (Å²) < 4.78 is 35.4. The van der Waals surface area contributed by atoms with Crippen LogP contribution in [0.4, 0.5) is 4.39 Å². The van der Waals surface area contributed by atoms with E-state index in [9.17, 15) is 19.1 Å². The average molecular weight is 653 g/mol. The molecule has 1 fully saturated rings. The molecule has 4 atom stereocenters. The number of halogens is 1. The van der Waals surface area contributed by atoms with Crippen LogP contribution in [0, 0.1) is 5.82 Å². The molecule has 0 unspecified atom stereocenters. The maximum Gasteiger partial charge on any atom is 0.330 e. The van der Waals surface area contributed by atoms with Crippen molar-refractivity contribution in [3.8, 4) is 0 Å². The Labute approximate surface area is 273 Å². The Morgan fingerprint density at radius 3 is 1.83 bits per heavy atom. The number of hydrogen-bond donors (Lipinski definition) is 2. The second kappa shape index (κ2) is 13.7. The lowest BCUT2D eigenvalue weighted by Crippen LogP contribution is -2.47. The molecule has 2 N–H and O–H groups in total. The van der Waals surface area contributed by atoms with E-state index in [2.05, 4.69) is 0 Å². The molecule has 0 amide bonds. The zero-order chi connectivity index (χ0) is 33.0. The van der Waals surface area contributed by atoms with Gasteiger partial charge in [0.1, 0.15) is 23.9 Å². The zero-order valence-corrected chi connectivity index (χ0v) is 27.2. The predicted molar refractivity (Wildman–Crippen MR) is 179 cm³/mol. The molecule has 0 aliphatic carbocycles. The van der Waals surface area contributed by atoms with Gasteiger partial charge in [-0.05, 0) is 41.4 Å². The first-order valence-corrected chi connectivity index (χ1v) is 18.7. The van der Waals surface area contributed by atoms with Gasteiger partial charge in [0.05, 0.1) is 12.8 Å². The molecule has 242 valence electrons. The van der Waals surface area contributed by atoms with Crippen LogP contribution in [-0.2, 0) is 25.5 Å². The maximum absolute atomic E-state index is 14.5. The molecule has 0 saturated carbocycles. The molecule has 1 aromatic heterocycles. The van der Waals surface area contributed by atoms with Crippen molar-refractivity contribution in [3.05, 3.63) is 176 Å². The van der Waals surface area contributed by atoms with E-state index in [-0.39, 0.29) is 6.61 Å². The fourth-order valence-electron chi connectivity index (χ4n) is 6.33. The molecular formula is C37H37FN2O6Si. The summed E-state index contributed by atoms with van der Waals surface area (Å²) in [5.74, 6) is -1.15. The molecule has 47 heavy (non-hydrogen) atoms. The molecule has 4 aromatic carbocycles. The SMILES string of the molecule is C[Si](C)(Cc1ccccc1)O[C@@H]1[C@H](O)[C@@H](COC(c2ccccc2)(c2ccccc2)c2ccccc2)O[C@H]1n1cc(F)c(=O)[nH]c1=O. The smallest absolute Gasteiger partial charge is 0.330 e. The predicted octanol–water partition coefficient (Wildman–Crippen LogP) is 5.31. The zero-order valence-electron chi connectivity index (χ0n) is 26.2. The molecular weight excluding hydrogens is 615 g/mol. The summed E-state index contributed by atoms with van der Waals surface area (Å²) in [5.41, 5.74) is 0.555. The summed E-state index contributed by atoms with van der Waals surface area (Å²) in [6.07, 6.45) is -3.74. The Hall–Kier alpha value is -4.45. The number of hydrogen-bond acceptors (Lipinski definition) is 6. The number of nitrogens with zero attached hydrogens (tertiary/aromatic N) is 1. The molecule has 0 radical (unpaired) electrons. The topological polar surface area (TPSA) is 103 Å². The molecule has 8 nitrogen and oxygen atoms in total. The van der Waals surface area contributed by atoms with Gasteiger partial charge in [0, 0.05) is 0 Å². The molecule has 1 aliphatic heterocycles. The Balaban J connectivity index is 1.38. The lowest BCUT2D eigenvalue weighted by atomic mass is 9.80. The van der Waals surface area contributed by atoms with Crippen molar-refractivity contribution < 1.29 is 23.4 Å². The van der Waals surface area contributed by atoms with Gasteiger partial charge < -0.3 is 19.0 Å². The third-order valence-electron chi connectivity index (χ3n) is 8.44. The highest BCUT2D eigenvalue weighted by atomic mass is 28.4. The minimum atomic E-state index is -2.58. The van der Waals surface area contributed by atoms with Gasteiger partial charge in [0.15, 0.2) is 14.5 Å². The molecule has 6 rings (SSSR count). The summed E-state index contributed by atoms with van der Waals surface area (Å²) in [5, 5.41) is 11.8. The van der Waals surface area contributed by atoms with Gasteiger partial charge in [-0.1, -0.05) is 121 Å². The first-order valence-electron chi connectivity index (χ1n) is 15.5. The Morgan fingerprint density at radius 2 is 1.32 bits per heavy atom. The third kappa shape index (κ3) is 6.83. The van der Waals surface area contributed by atoms with Gasteiger partial charge in [-0.2, -0.15) is 4.39 Å². The van der Waals surface area contributed by atoms with E-state index in [1.807, 2.05) is 139 Å². The van der Waals surface area contributed by atoms with Crippen molar-refractivity contribution in [1.29, 1.82) is 0 Å². The Bertz CT molecular complexity index is 1790. The number of nitrogens with one attached hydrogen (secondary N) is 1. The number of aliphatic hydroxyl groups is 1. The van der Waals surface area contributed by atoms with E-state index in [0.717, 1.165) is 33.0 Å². The summed E-state index contributed by atoms with van der Waals surface area (Å²) in [6, 6.07) is 39.8. The lowest BCUT2D eigenvalue weighted by molar-refractivity contribution is -0.0957. The quantitative estimate of drug-likeness (QED) is 0.148. The van der Waals surface area contributed by atoms with Crippen molar-refractivity contribution in [1.82, 2.24) is 9.55 Å².